The molecule has 4 aliphatic carbocycles. The number of rotatable bonds is 4. The molecule has 0 aliphatic heterocycles. The van der Waals surface area contributed by atoms with E-state index in [1.807, 2.05) is 0 Å². The first-order chi connectivity index (χ1) is 12.9. The van der Waals surface area contributed by atoms with Crippen molar-refractivity contribution < 1.29 is 24.5 Å². The predicted molar refractivity (Wildman–Crippen MR) is 109 cm³/mol. The fourth-order valence-corrected chi connectivity index (χ4v) is 8.32. The zero-order chi connectivity index (χ0) is 20.8. The van der Waals surface area contributed by atoms with Crippen LogP contribution in [-0.4, -0.2) is 21.1 Å². The molecule has 1 aromatic rings. The average Bonchev–Trinajstić information content (AvgIpc) is 2.49. The average molecular weight is 408 g/mol. The van der Waals surface area contributed by atoms with E-state index >= 15 is 0 Å². The predicted octanol–water partition coefficient (Wildman–Crippen LogP) is 4.99. The van der Waals surface area contributed by atoms with Crippen molar-refractivity contribution in [3.05, 3.63) is 35.9 Å². The molecule has 0 aromatic heterocycles. The highest BCUT2D eigenvalue weighted by atomic mass is 31.1. The molecule has 4 aliphatic rings. The van der Waals surface area contributed by atoms with Crippen molar-refractivity contribution in [1.29, 1.82) is 0 Å². The van der Waals surface area contributed by atoms with Gasteiger partial charge in [0.2, 0.25) is 8.03 Å². The van der Waals surface area contributed by atoms with Crippen LogP contribution in [0.1, 0.15) is 77.1 Å². The number of benzene rings is 1. The third-order valence-electron chi connectivity index (χ3n) is 6.84. The minimum atomic E-state index is -2.86. The van der Waals surface area contributed by atoms with Crippen LogP contribution in [0.3, 0.4) is 0 Å². The maximum Gasteiger partial charge on any atom is 0.303 e. The highest BCUT2D eigenvalue weighted by molar-refractivity contribution is 7.38. The molecule has 4 bridgehead atoms. The summed E-state index contributed by atoms with van der Waals surface area (Å²) in [7, 11) is -2.86. The molecule has 156 valence electrons. The molecule has 4 saturated carbocycles. The van der Waals surface area contributed by atoms with Crippen LogP contribution in [0.25, 0.3) is 0 Å². The third kappa shape index (κ3) is 4.53. The minimum Gasteiger partial charge on any atom is -0.481 e. The lowest BCUT2D eigenvalue weighted by Gasteiger charge is -2.69. The van der Waals surface area contributed by atoms with Gasteiger partial charge in [0.1, 0.15) is 0 Å². The van der Waals surface area contributed by atoms with Crippen molar-refractivity contribution in [2.24, 2.45) is 21.7 Å². The molecule has 5 nitrogen and oxygen atoms in total. The zero-order valence-electron chi connectivity index (χ0n) is 17.1. The van der Waals surface area contributed by atoms with Gasteiger partial charge in [0.15, 0.2) is 5.85 Å². The Hall–Kier alpha value is -1.16. The molecule has 28 heavy (non-hydrogen) atoms. The van der Waals surface area contributed by atoms with Crippen LogP contribution in [0.5, 0.6) is 0 Å². The molecule has 5 rings (SSSR count). The Morgan fingerprint density at radius 2 is 1.39 bits per heavy atom. The molecule has 2 atom stereocenters. The molecule has 0 saturated heterocycles. The summed E-state index contributed by atoms with van der Waals surface area (Å²) in [5.74, 6) is -1.82. The van der Waals surface area contributed by atoms with E-state index < -0.39 is 19.8 Å². The lowest BCUT2D eigenvalue weighted by atomic mass is 9.36. The van der Waals surface area contributed by atoms with Gasteiger partial charge in [-0.3, -0.25) is 9.36 Å². The Balaban J connectivity index is 0.000000178. The zero-order valence-corrected chi connectivity index (χ0v) is 18.1. The van der Waals surface area contributed by atoms with Crippen molar-refractivity contribution in [3.63, 3.8) is 0 Å². The van der Waals surface area contributed by atoms with E-state index in [1.165, 1.54) is 19.3 Å². The van der Waals surface area contributed by atoms with E-state index in [1.54, 1.807) is 30.3 Å². The van der Waals surface area contributed by atoms with E-state index in [2.05, 4.69) is 20.8 Å². The van der Waals surface area contributed by atoms with Gasteiger partial charge < -0.3 is 15.1 Å². The summed E-state index contributed by atoms with van der Waals surface area (Å²) < 4.78 is 10.4. The number of carboxylic acids is 1. The molecule has 2 unspecified atom stereocenters. The number of aliphatic carboxylic acids is 1. The van der Waals surface area contributed by atoms with Crippen LogP contribution in [0.4, 0.5) is 0 Å². The van der Waals surface area contributed by atoms with Gasteiger partial charge in [0, 0.05) is 0 Å². The van der Waals surface area contributed by atoms with Crippen LogP contribution in [0, 0.1) is 21.7 Å². The Morgan fingerprint density at radius 3 is 1.75 bits per heavy atom. The van der Waals surface area contributed by atoms with E-state index in [-0.39, 0.29) is 5.41 Å². The normalized spacial score (nSPS) is 40.3. The van der Waals surface area contributed by atoms with Crippen molar-refractivity contribution in [3.8, 4) is 0 Å². The summed E-state index contributed by atoms with van der Waals surface area (Å²) in [6, 6.07) is 8.43. The number of carboxylic acid groups (broad SMARTS) is 1. The van der Waals surface area contributed by atoms with Crippen molar-refractivity contribution in [1.82, 2.24) is 0 Å². The summed E-state index contributed by atoms with van der Waals surface area (Å²) in [4.78, 5) is 19.8. The summed E-state index contributed by atoms with van der Waals surface area (Å²) in [5, 5.41) is 18.3. The fraction of sp³-hybridized carbons (Fsp3) is 0.682. The topological polar surface area (TPSA) is 94.8 Å². The number of hydrogen-bond donors (Lipinski definition) is 3. The largest absolute Gasteiger partial charge is 0.481 e. The number of hydrogen-bond acceptors (Lipinski definition) is 3. The van der Waals surface area contributed by atoms with Gasteiger partial charge in [-0.15, -0.1) is 0 Å². The van der Waals surface area contributed by atoms with E-state index in [0.29, 0.717) is 28.2 Å². The second-order valence-corrected chi connectivity index (χ2v) is 11.9. The van der Waals surface area contributed by atoms with E-state index in [4.69, 9.17) is 10.00 Å². The lowest BCUT2D eigenvalue weighted by Crippen LogP contribution is -2.59. The molecule has 6 heteroatoms. The van der Waals surface area contributed by atoms with Crippen LogP contribution in [0.15, 0.2) is 30.3 Å². The molecule has 1 aromatic carbocycles. The summed E-state index contributed by atoms with van der Waals surface area (Å²) >= 11 is 0. The Kier molecular flexibility index (Phi) is 5.59. The summed E-state index contributed by atoms with van der Waals surface area (Å²) in [6.45, 7) is 7.20. The molecule has 0 heterocycles. The standard InChI is InChI=1S/C15H24O2.C7H9O3P/c1-12-5-13(2)7-14(3,6-12)10-15(8-12,9-13)4-11(16)17;8-7(11(9)10)6-4-2-1-3-5-6/h4-10H2,1-3H3,(H,16,17);1-5,7-8,11H,(H,9,10). The lowest BCUT2D eigenvalue weighted by molar-refractivity contribution is -0.190. The molecular formula is C22H33O5P. The minimum absolute atomic E-state index is 0.110. The molecule has 0 amide bonds. The van der Waals surface area contributed by atoms with Crippen molar-refractivity contribution in [2.45, 2.75) is 71.6 Å². The van der Waals surface area contributed by atoms with Gasteiger partial charge in [0.05, 0.1) is 6.42 Å². The summed E-state index contributed by atoms with van der Waals surface area (Å²) in [6.07, 6.45) is 7.80. The molecular weight excluding hydrogens is 375 g/mol. The Bertz CT molecular complexity index is 708. The van der Waals surface area contributed by atoms with Crippen LogP contribution >= 0.6 is 8.03 Å². The first-order valence-electron chi connectivity index (χ1n) is 10.1. The van der Waals surface area contributed by atoms with Crippen LogP contribution < -0.4 is 0 Å². The monoisotopic (exact) mass is 408 g/mol. The highest BCUT2D eigenvalue weighted by Gasteiger charge is 2.64. The molecule has 4 fully saturated rings. The SMILES string of the molecule is CC12CC3(C)CC(C)(C1)CC(CC(=O)O)(C2)C3.O=[PH](O)C(O)c1ccccc1. The number of aliphatic hydroxyl groups is 1. The van der Waals surface area contributed by atoms with E-state index in [9.17, 15) is 14.5 Å². The Labute approximate surface area is 168 Å². The summed E-state index contributed by atoms with van der Waals surface area (Å²) in [5.41, 5.74) is 1.83. The first kappa shape index (κ1) is 21.5. The first-order valence-corrected chi connectivity index (χ1v) is 11.5. The van der Waals surface area contributed by atoms with Gasteiger partial charge in [-0.05, 0) is 65.7 Å². The third-order valence-corrected chi connectivity index (χ3v) is 7.64. The molecule has 3 N–H and O–H groups in total. The number of carbonyl (C=O) groups is 1. The van der Waals surface area contributed by atoms with Gasteiger partial charge >= 0.3 is 5.97 Å². The van der Waals surface area contributed by atoms with Crippen molar-refractivity contribution >= 4 is 14.0 Å². The number of aliphatic hydroxyl groups excluding tert-OH is 1. The maximum absolute atomic E-state index is 11.2. The molecule has 0 radical (unpaired) electrons. The second-order valence-electron chi connectivity index (χ2n) is 10.7. The van der Waals surface area contributed by atoms with Gasteiger partial charge in [-0.2, -0.15) is 0 Å². The van der Waals surface area contributed by atoms with E-state index in [0.717, 1.165) is 19.3 Å². The fourth-order valence-electron chi connectivity index (χ4n) is 7.84. The van der Waals surface area contributed by atoms with Crippen LogP contribution in [-0.2, 0) is 9.36 Å². The van der Waals surface area contributed by atoms with Gasteiger partial charge in [-0.1, -0.05) is 51.1 Å². The van der Waals surface area contributed by atoms with Crippen LogP contribution in [0.2, 0.25) is 0 Å². The highest BCUT2D eigenvalue weighted by Crippen LogP contribution is 2.74. The van der Waals surface area contributed by atoms with Crippen molar-refractivity contribution in [2.75, 3.05) is 0 Å². The Morgan fingerprint density at radius 1 is 0.964 bits per heavy atom. The van der Waals surface area contributed by atoms with Gasteiger partial charge in [-0.25, -0.2) is 0 Å². The second kappa shape index (κ2) is 7.27. The quantitative estimate of drug-likeness (QED) is 0.610. The smallest absolute Gasteiger partial charge is 0.303 e. The maximum atomic E-state index is 11.2. The molecule has 0 spiro atoms. The van der Waals surface area contributed by atoms with Gasteiger partial charge in [0.25, 0.3) is 0 Å².